The summed E-state index contributed by atoms with van der Waals surface area (Å²) in [5.74, 6) is 0.737. The van der Waals surface area contributed by atoms with Crippen LogP contribution in [0.25, 0.3) is 0 Å². The summed E-state index contributed by atoms with van der Waals surface area (Å²) in [5, 5.41) is 12.5. The van der Waals surface area contributed by atoms with Gasteiger partial charge in [-0.3, -0.25) is 0 Å². The number of halogens is 1. The molecule has 1 N–H and O–H groups in total. The molecule has 0 spiro atoms. The van der Waals surface area contributed by atoms with E-state index in [4.69, 9.17) is 16.9 Å². The van der Waals surface area contributed by atoms with E-state index in [1.807, 2.05) is 12.1 Å². The van der Waals surface area contributed by atoms with E-state index in [9.17, 15) is 0 Å². The van der Waals surface area contributed by atoms with E-state index in [1.165, 1.54) is 19.3 Å². The molecule has 0 atom stereocenters. The molecule has 1 saturated carbocycles. The van der Waals surface area contributed by atoms with Crippen LogP contribution in [-0.2, 0) is 0 Å². The molecule has 0 amide bonds. The lowest BCUT2D eigenvalue weighted by Gasteiger charge is -2.13. The van der Waals surface area contributed by atoms with E-state index in [-0.39, 0.29) is 5.69 Å². The fourth-order valence-electron chi connectivity index (χ4n) is 1.73. The fourth-order valence-corrected chi connectivity index (χ4v) is 1.88. The van der Waals surface area contributed by atoms with Gasteiger partial charge < -0.3 is 5.32 Å². The first-order chi connectivity index (χ1) is 7.69. The van der Waals surface area contributed by atoms with E-state index in [2.05, 4.69) is 17.2 Å². The predicted molar refractivity (Wildman–Crippen MR) is 64.4 cm³/mol. The van der Waals surface area contributed by atoms with Gasteiger partial charge in [-0.25, -0.2) is 4.98 Å². The summed E-state index contributed by atoms with van der Waals surface area (Å²) in [6, 6.07) is 5.50. The van der Waals surface area contributed by atoms with Crippen molar-refractivity contribution in [3.8, 4) is 6.07 Å². The van der Waals surface area contributed by atoms with Crippen LogP contribution in [0.5, 0.6) is 0 Å². The Kier molecular flexibility index (Phi) is 3.02. The molecule has 1 aromatic heterocycles. The van der Waals surface area contributed by atoms with Crippen molar-refractivity contribution < 1.29 is 0 Å². The average molecular weight is 236 g/mol. The monoisotopic (exact) mass is 235 g/mol. The number of rotatable bonds is 4. The summed E-state index contributed by atoms with van der Waals surface area (Å²) in [6.45, 7) is 3.15. The molecule has 3 nitrogen and oxygen atoms in total. The Labute approximate surface area is 100 Å². The molecule has 1 fully saturated rings. The van der Waals surface area contributed by atoms with Gasteiger partial charge in [-0.2, -0.15) is 5.26 Å². The van der Waals surface area contributed by atoms with Gasteiger partial charge in [0.25, 0.3) is 0 Å². The molecule has 84 valence electrons. The lowest BCUT2D eigenvalue weighted by atomic mass is 10.0. The second-order valence-electron chi connectivity index (χ2n) is 4.35. The number of hydrogen-bond acceptors (Lipinski definition) is 3. The summed E-state index contributed by atoms with van der Waals surface area (Å²) >= 11 is 5.81. The topological polar surface area (TPSA) is 48.7 Å². The molecule has 0 radical (unpaired) electrons. The fraction of sp³-hybridized carbons (Fsp3) is 0.500. The molecular weight excluding hydrogens is 222 g/mol. The van der Waals surface area contributed by atoms with Crippen LogP contribution in [0, 0.1) is 16.7 Å². The summed E-state index contributed by atoms with van der Waals surface area (Å²) in [6.07, 6.45) is 3.77. The number of nitriles is 1. The Morgan fingerprint density at radius 2 is 2.31 bits per heavy atom. The Morgan fingerprint density at radius 1 is 1.56 bits per heavy atom. The molecule has 4 heteroatoms. The zero-order valence-corrected chi connectivity index (χ0v) is 10.0. The van der Waals surface area contributed by atoms with Gasteiger partial charge in [-0.1, -0.05) is 18.5 Å². The molecule has 0 unspecified atom stereocenters. The summed E-state index contributed by atoms with van der Waals surface area (Å²) < 4.78 is 0. The Hall–Kier alpha value is -1.27. The number of anilines is 1. The highest BCUT2D eigenvalue weighted by molar-refractivity contribution is 6.31. The minimum Gasteiger partial charge on any atom is -0.369 e. The molecule has 0 bridgehead atoms. The third kappa shape index (κ3) is 2.28. The largest absolute Gasteiger partial charge is 0.369 e. The number of hydrogen-bond donors (Lipinski definition) is 1. The highest BCUT2D eigenvalue weighted by Crippen LogP contribution is 2.48. The smallest absolute Gasteiger partial charge is 0.161 e. The van der Waals surface area contributed by atoms with Crippen molar-refractivity contribution >= 4 is 17.4 Å². The number of aromatic nitrogens is 1. The average Bonchev–Trinajstić information content (AvgIpc) is 3.09. The van der Waals surface area contributed by atoms with Crippen molar-refractivity contribution in [2.75, 3.05) is 11.9 Å². The maximum absolute atomic E-state index is 8.80. The molecule has 16 heavy (non-hydrogen) atoms. The van der Waals surface area contributed by atoms with Gasteiger partial charge in [0.05, 0.1) is 5.02 Å². The van der Waals surface area contributed by atoms with Crippen LogP contribution in [0.15, 0.2) is 12.1 Å². The van der Waals surface area contributed by atoms with Crippen molar-refractivity contribution in [1.29, 1.82) is 5.26 Å². The first kappa shape index (κ1) is 11.2. The van der Waals surface area contributed by atoms with Crippen molar-refractivity contribution in [3.05, 3.63) is 22.8 Å². The SMILES string of the molecule is CCC1(CNc2ccc(Cl)c(C#N)n2)CC1. The van der Waals surface area contributed by atoms with Gasteiger partial charge in [-0.05, 0) is 36.8 Å². The molecular formula is C12H14ClN3. The van der Waals surface area contributed by atoms with E-state index in [1.54, 1.807) is 6.07 Å². The van der Waals surface area contributed by atoms with Crippen LogP contribution >= 0.6 is 11.6 Å². The summed E-state index contributed by atoms with van der Waals surface area (Å²) in [7, 11) is 0. The number of pyridine rings is 1. The van der Waals surface area contributed by atoms with E-state index < -0.39 is 0 Å². The van der Waals surface area contributed by atoms with Crippen LogP contribution in [-0.4, -0.2) is 11.5 Å². The highest BCUT2D eigenvalue weighted by Gasteiger charge is 2.40. The minimum absolute atomic E-state index is 0.285. The molecule has 1 aromatic rings. The Bertz CT molecular complexity index is 432. The van der Waals surface area contributed by atoms with Crippen LogP contribution < -0.4 is 5.32 Å². The minimum atomic E-state index is 0.285. The van der Waals surface area contributed by atoms with Gasteiger partial charge in [-0.15, -0.1) is 0 Å². The molecule has 1 aliphatic rings. The van der Waals surface area contributed by atoms with Gasteiger partial charge >= 0.3 is 0 Å². The second kappa shape index (κ2) is 4.31. The van der Waals surface area contributed by atoms with Crippen LogP contribution in [0.2, 0.25) is 5.02 Å². The maximum atomic E-state index is 8.80. The van der Waals surface area contributed by atoms with Gasteiger partial charge in [0.2, 0.25) is 0 Å². The Balaban J connectivity index is 2.03. The maximum Gasteiger partial charge on any atom is 0.161 e. The van der Waals surface area contributed by atoms with Crippen LogP contribution in [0.4, 0.5) is 5.82 Å². The third-order valence-corrected chi connectivity index (χ3v) is 3.61. The molecule has 2 rings (SSSR count). The van der Waals surface area contributed by atoms with Crippen molar-refractivity contribution in [2.24, 2.45) is 5.41 Å². The lowest BCUT2D eigenvalue weighted by molar-refractivity contribution is 0.520. The summed E-state index contributed by atoms with van der Waals surface area (Å²) in [5.41, 5.74) is 0.752. The quantitative estimate of drug-likeness (QED) is 0.872. The van der Waals surface area contributed by atoms with Crippen LogP contribution in [0.1, 0.15) is 31.9 Å². The van der Waals surface area contributed by atoms with Crippen molar-refractivity contribution in [3.63, 3.8) is 0 Å². The second-order valence-corrected chi connectivity index (χ2v) is 4.75. The molecule has 0 aromatic carbocycles. The summed E-state index contributed by atoms with van der Waals surface area (Å²) in [4.78, 5) is 4.15. The van der Waals surface area contributed by atoms with E-state index in [0.717, 1.165) is 12.4 Å². The number of nitrogens with zero attached hydrogens (tertiary/aromatic N) is 2. The zero-order valence-electron chi connectivity index (χ0n) is 9.26. The van der Waals surface area contributed by atoms with E-state index in [0.29, 0.717) is 10.4 Å². The van der Waals surface area contributed by atoms with Crippen molar-refractivity contribution in [2.45, 2.75) is 26.2 Å². The molecule has 0 saturated heterocycles. The first-order valence-electron chi connectivity index (χ1n) is 5.50. The van der Waals surface area contributed by atoms with Crippen LogP contribution in [0.3, 0.4) is 0 Å². The standard InChI is InChI=1S/C12H14ClN3/c1-2-12(5-6-12)8-15-11-4-3-9(13)10(7-14)16-11/h3-4H,2,5-6,8H2,1H3,(H,15,16). The molecule has 0 aliphatic heterocycles. The normalized spacial score (nSPS) is 16.6. The number of nitrogens with one attached hydrogen (secondary N) is 1. The molecule has 1 heterocycles. The third-order valence-electron chi connectivity index (χ3n) is 3.30. The lowest BCUT2D eigenvalue weighted by Crippen LogP contribution is -2.15. The first-order valence-corrected chi connectivity index (χ1v) is 5.87. The van der Waals surface area contributed by atoms with Gasteiger partial charge in [0, 0.05) is 6.54 Å². The van der Waals surface area contributed by atoms with Gasteiger partial charge in [0.15, 0.2) is 5.69 Å². The van der Waals surface area contributed by atoms with E-state index >= 15 is 0 Å². The molecule has 1 aliphatic carbocycles. The highest BCUT2D eigenvalue weighted by atomic mass is 35.5. The predicted octanol–water partition coefficient (Wildman–Crippen LogP) is 3.21. The van der Waals surface area contributed by atoms with Gasteiger partial charge in [0.1, 0.15) is 11.9 Å². The Morgan fingerprint density at radius 3 is 2.88 bits per heavy atom. The zero-order chi connectivity index (χ0) is 11.6. The van der Waals surface area contributed by atoms with Crippen molar-refractivity contribution in [1.82, 2.24) is 4.98 Å².